The number of nitrogens with one attached hydrogen (secondary N) is 1. The molecule has 3 rings (SSSR count). The number of benzene rings is 1. The molecular weight excluding hydrogens is 304 g/mol. The van der Waals surface area contributed by atoms with Gasteiger partial charge in [0.05, 0.1) is 10.2 Å². The number of fused-ring (bicyclic) bond motifs is 1. The highest BCUT2D eigenvalue weighted by molar-refractivity contribution is 8.01. The number of nitrogens with two attached hydrogens (primary N) is 1. The predicted octanol–water partition coefficient (Wildman–Crippen LogP) is 3.07. The number of hydrogen-bond acceptors (Lipinski definition) is 6. The second kappa shape index (κ2) is 5.87. The molecular formula is C14H14N4OS2. The molecule has 0 saturated heterocycles. The van der Waals surface area contributed by atoms with E-state index in [1.54, 1.807) is 17.4 Å². The van der Waals surface area contributed by atoms with Crippen LogP contribution in [0.3, 0.4) is 0 Å². The fraction of sp³-hybridized carbons (Fsp3) is 0.214. The van der Waals surface area contributed by atoms with E-state index in [0.29, 0.717) is 5.16 Å². The molecule has 108 valence electrons. The van der Waals surface area contributed by atoms with Gasteiger partial charge in [0, 0.05) is 17.4 Å². The van der Waals surface area contributed by atoms with E-state index >= 15 is 0 Å². The fourth-order valence-corrected chi connectivity index (χ4v) is 4.00. The van der Waals surface area contributed by atoms with Gasteiger partial charge >= 0.3 is 0 Å². The van der Waals surface area contributed by atoms with Gasteiger partial charge in [-0.25, -0.2) is 9.97 Å². The third kappa shape index (κ3) is 3.25. The van der Waals surface area contributed by atoms with Gasteiger partial charge in [-0.2, -0.15) is 0 Å². The quantitative estimate of drug-likeness (QED) is 0.570. The van der Waals surface area contributed by atoms with Crippen molar-refractivity contribution in [2.45, 2.75) is 29.3 Å². The second-order valence-electron chi connectivity index (χ2n) is 4.60. The Morgan fingerprint density at radius 1 is 1.33 bits per heavy atom. The van der Waals surface area contributed by atoms with Crippen LogP contribution < -0.4 is 11.3 Å². The largest absolute Gasteiger partial charge is 0.399 e. The van der Waals surface area contributed by atoms with Crippen molar-refractivity contribution in [1.29, 1.82) is 0 Å². The topological polar surface area (TPSA) is 84.7 Å². The Morgan fingerprint density at radius 2 is 2.19 bits per heavy atom. The first-order chi connectivity index (χ1) is 10.1. The van der Waals surface area contributed by atoms with E-state index in [2.05, 4.69) is 21.9 Å². The molecule has 0 aliphatic rings. The molecule has 0 saturated carbocycles. The fourth-order valence-electron chi connectivity index (χ4n) is 1.96. The van der Waals surface area contributed by atoms with Gasteiger partial charge < -0.3 is 10.7 Å². The van der Waals surface area contributed by atoms with Gasteiger partial charge in [0.15, 0.2) is 9.50 Å². The SMILES string of the molecule is CCCc1cc(=O)[nH]c(Sc2nc3ccc(N)cc3s2)n1. The number of aromatic amines is 1. The zero-order valence-electron chi connectivity index (χ0n) is 11.4. The molecule has 3 N–H and O–H groups in total. The average Bonchev–Trinajstić information content (AvgIpc) is 2.79. The molecule has 0 amide bonds. The van der Waals surface area contributed by atoms with Gasteiger partial charge in [0.1, 0.15) is 0 Å². The average molecular weight is 318 g/mol. The van der Waals surface area contributed by atoms with Crippen molar-refractivity contribution in [3.63, 3.8) is 0 Å². The maximum absolute atomic E-state index is 11.7. The first-order valence-electron chi connectivity index (χ1n) is 6.58. The number of aryl methyl sites for hydroxylation is 1. The Labute approximate surface area is 129 Å². The number of nitrogens with zero attached hydrogens (tertiary/aromatic N) is 2. The van der Waals surface area contributed by atoms with Crippen LogP contribution in [0, 0.1) is 0 Å². The molecule has 0 atom stereocenters. The molecule has 0 bridgehead atoms. The first-order valence-corrected chi connectivity index (χ1v) is 8.21. The molecule has 0 aliphatic carbocycles. The first kappa shape index (κ1) is 14.1. The minimum absolute atomic E-state index is 0.124. The van der Waals surface area contributed by atoms with E-state index in [9.17, 15) is 4.79 Å². The molecule has 2 aromatic heterocycles. The number of H-pyrrole nitrogens is 1. The highest BCUT2D eigenvalue weighted by atomic mass is 32.2. The van der Waals surface area contributed by atoms with Crippen molar-refractivity contribution in [1.82, 2.24) is 15.0 Å². The lowest BCUT2D eigenvalue weighted by Gasteiger charge is -2.00. The van der Waals surface area contributed by atoms with Crippen molar-refractivity contribution in [2.24, 2.45) is 0 Å². The number of rotatable bonds is 4. The van der Waals surface area contributed by atoms with Crippen LogP contribution in [0.1, 0.15) is 19.0 Å². The Hall–Kier alpha value is -1.86. The van der Waals surface area contributed by atoms with Gasteiger partial charge in [0.2, 0.25) is 0 Å². The Balaban J connectivity index is 1.92. The summed E-state index contributed by atoms with van der Waals surface area (Å²) in [5.74, 6) is 0. The summed E-state index contributed by atoms with van der Waals surface area (Å²) >= 11 is 2.91. The number of hydrogen-bond donors (Lipinski definition) is 2. The number of thiazole rings is 1. The lowest BCUT2D eigenvalue weighted by atomic mass is 10.2. The van der Waals surface area contributed by atoms with Crippen LogP contribution in [0.15, 0.2) is 38.6 Å². The molecule has 21 heavy (non-hydrogen) atoms. The predicted molar refractivity (Wildman–Crippen MR) is 87.0 cm³/mol. The van der Waals surface area contributed by atoms with Gasteiger partial charge in [-0.05, 0) is 36.4 Å². The maximum atomic E-state index is 11.7. The summed E-state index contributed by atoms with van der Waals surface area (Å²) in [7, 11) is 0. The van der Waals surface area contributed by atoms with E-state index in [1.807, 2.05) is 18.2 Å². The van der Waals surface area contributed by atoms with Gasteiger partial charge in [-0.1, -0.05) is 13.3 Å². The summed E-state index contributed by atoms with van der Waals surface area (Å²) in [6.45, 7) is 2.06. The summed E-state index contributed by atoms with van der Waals surface area (Å²) < 4.78 is 1.87. The Bertz CT molecular complexity index is 840. The zero-order chi connectivity index (χ0) is 14.8. The Morgan fingerprint density at radius 3 is 3.00 bits per heavy atom. The van der Waals surface area contributed by atoms with Crippen molar-refractivity contribution < 1.29 is 0 Å². The molecule has 0 radical (unpaired) electrons. The summed E-state index contributed by atoms with van der Waals surface area (Å²) in [4.78, 5) is 23.4. The molecule has 0 aliphatic heterocycles. The number of nitrogen functional groups attached to an aromatic ring is 1. The minimum Gasteiger partial charge on any atom is -0.399 e. The third-order valence-electron chi connectivity index (χ3n) is 2.86. The van der Waals surface area contributed by atoms with E-state index in [1.165, 1.54) is 11.8 Å². The van der Waals surface area contributed by atoms with Crippen molar-refractivity contribution in [2.75, 3.05) is 5.73 Å². The van der Waals surface area contributed by atoms with E-state index in [4.69, 9.17) is 5.73 Å². The zero-order valence-corrected chi connectivity index (χ0v) is 13.1. The molecule has 0 fully saturated rings. The molecule has 2 heterocycles. The van der Waals surface area contributed by atoms with Crippen molar-refractivity contribution in [3.8, 4) is 0 Å². The van der Waals surface area contributed by atoms with Gasteiger partial charge in [-0.3, -0.25) is 4.79 Å². The van der Waals surface area contributed by atoms with Crippen LogP contribution in [-0.4, -0.2) is 15.0 Å². The maximum Gasteiger partial charge on any atom is 0.251 e. The lowest BCUT2D eigenvalue weighted by molar-refractivity contribution is 0.816. The van der Waals surface area contributed by atoms with Crippen LogP contribution in [0.5, 0.6) is 0 Å². The molecule has 0 spiro atoms. The van der Waals surface area contributed by atoms with Gasteiger partial charge in [-0.15, -0.1) is 11.3 Å². The highest BCUT2D eigenvalue weighted by Crippen LogP contribution is 2.33. The summed E-state index contributed by atoms with van der Waals surface area (Å²) in [5, 5.41) is 0.581. The summed E-state index contributed by atoms with van der Waals surface area (Å²) in [5.41, 5.74) is 8.09. The van der Waals surface area contributed by atoms with Crippen LogP contribution in [0.2, 0.25) is 0 Å². The Kier molecular flexibility index (Phi) is 3.94. The number of aromatic nitrogens is 3. The highest BCUT2D eigenvalue weighted by Gasteiger charge is 2.09. The van der Waals surface area contributed by atoms with Gasteiger partial charge in [0.25, 0.3) is 5.56 Å². The van der Waals surface area contributed by atoms with E-state index in [0.717, 1.165) is 38.8 Å². The van der Waals surface area contributed by atoms with Crippen molar-refractivity contribution in [3.05, 3.63) is 40.3 Å². The molecule has 1 aromatic carbocycles. The molecule has 7 heteroatoms. The third-order valence-corrected chi connectivity index (χ3v) is 4.82. The summed E-state index contributed by atoms with van der Waals surface area (Å²) in [6.07, 6.45) is 1.76. The molecule has 0 unspecified atom stereocenters. The normalized spacial score (nSPS) is 11.1. The number of anilines is 1. The van der Waals surface area contributed by atoms with E-state index in [-0.39, 0.29) is 5.56 Å². The van der Waals surface area contributed by atoms with Crippen LogP contribution in [0.25, 0.3) is 10.2 Å². The lowest BCUT2D eigenvalue weighted by Crippen LogP contribution is -2.09. The van der Waals surface area contributed by atoms with Crippen molar-refractivity contribution >= 4 is 39.0 Å². The van der Waals surface area contributed by atoms with Crippen LogP contribution in [-0.2, 0) is 6.42 Å². The van der Waals surface area contributed by atoms with E-state index < -0.39 is 0 Å². The smallest absolute Gasteiger partial charge is 0.251 e. The molecule has 3 aromatic rings. The molecule has 5 nitrogen and oxygen atoms in total. The summed E-state index contributed by atoms with van der Waals surface area (Å²) in [6, 6.07) is 7.18. The minimum atomic E-state index is -0.124. The monoisotopic (exact) mass is 318 g/mol. The van der Waals surface area contributed by atoms with Crippen LogP contribution >= 0.6 is 23.1 Å². The van der Waals surface area contributed by atoms with Crippen LogP contribution in [0.4, 0.5) is 5.69 Å². The standard InChI is InChI=1S/C14H14N4OS2/c1-2-3-9-7-12(19)18-13(16-9)21-14-17-10-5-4-8(15)6-11(10)20-14/h4-7H,2-3,15H2,1H3,(H,16,18,19). The second-order valence-corrected chi connectivity index (χ2v) is 6.87.